The summed E-state index contributed by atoms with van der Waals surface area (Å²) in [5, 5.41) is 21.8. The molecular formula is C31H40N8O3. The maximum Gasteiger partial charge on any atom is 0.328 e. The highest BCUT2D eigenvalue weighted by Crippen LogP contribution is 2.33. The second-order valence-electron chi connectivity index (χ2n) is 10.9. The Labute approximate surface area is 246 Å². The number of hydrogen-bond donors (Lipinski definition) is 5. The SMILES string of the molecule is CCc1c(NC[C@H](NC(=O)N[C@@H](C)c2ccccc2)C(=O)O)ncnc1N1CCC(c2ccc3c(n2)NCCC3)CC1. The van der Waals surface area contributed by atoms with Crippen molar-refractivity contribution in [1.82, 2.24) is 25.6 Å². The number of urea groups is 1. The number of aryl methyl sites for hydroxylation is 1. The first-order valence-electron chi connectivity index (χ1n) is 14.8. The largest absolute Gasteiger partial charge is 0.480 e. The first-order valence-corrected chi connectivity index (χ1v) is 14.8. The summed E-state index contributed by atoms with van der Waals surface area (Å²) in [5.41, 5.74) is 4.31. The van der Waals surface area contributed by atoms with Crippen molar-refractivity contribution in [1.29, 1.82) is 0 Å². The number of rotatable bonds is 10. The van der Waals surface area contributed by atoms with E-state index in [1.807, 2.05) is 44.2 Å². The first-order chi connectivity index (χ1) is 20.4. The van der Waals surface area contributed by atoms with Gasteiger partial charge < -0.3 is 31.3 Å². The molecule has 1 saturated heterocycles. The van der Waals surface area contributed by atoms with Crippen LogP contribution in [0.15, 0.2) is 48.8 Å². The summed E-state index contributed by atoms with van der Waals surface area (Å²) in [6.45, 7) is 6.54. The monoisotopic (exact) mass is 572 g/mol. The molecule has 42 heavy (non-hydrogen) atoms. The van der Waals surface area contributed by atoms with Crippen molar-refractivity contribution in [3.05, 3.63) is 71.2 Å². The molecule has 2 amide bonds. The van der Waals surface area contributed by atoms with Gasteiger partial charge in [0.25, 0.3) is 0 Å². The van der Waals surface area contributed by atoms with Crippen LogP contribution in [-0.4, -0.2) is 64.3 Å². The Balaban J connectivity index is 1.19. The van der Waals surface area contributed by atoms with Crippen molar-refractivity contribution in [3.8, 4) is 0 Å². The topological polar surface area (TPSA) is 144 Å². The lowest BCUT2D eigenvalue weighted by atomic mass is 9.92. The number of pyridine rings is 1. The molecule has 1 aromatic carbocycles. The summed E-state index contributed by atoms with van der Waals surface area (Å²) in [5.74, 6) is 1.75. The number of amides is 2. The Morgan fingerprint density at radius 1 is 1.10 bits per heavy atom. The maximum absolute atomic E-state index is 12.6. The Bertz CT molecular complexity index is 1380. The van der Waals surface area contributed by atoms with Gasteiger partial charge in [-0.15, -0.1) is 0 Å². The van der Waals surface area contributed by atoms with E-state index in [9.17, 15) is 14.7 Å². The number of nitrogens with one attached hydrogen (secondary N) is 4. The Kier molecular flexibility index (Phi) is 9.35. The molecule has 5 N–H and O–H groups in total. The number of hydrogen-bond acceptors (Lipinski definition) is 8. The molecule has 0 saturated carbocycles. The lowest BCUT2D eigenvalue weighted by Crippen LogP contribution is -2.49. The average molecular weight is 573 g/mol. The molecule has 11 nitrogen and oxygen atoms in total. The van der Waals surface area contributed by atoms with Crippen LogP contribution in [0.3, 0.4) is 0 Å². The van der Waals surface area contributed by atoms with E-state index in [4.69, 9.17) is 4.98 Å². The molecule has 2 atom stereocenters. The molecule has 0 spiro atoms. The third-order valence-corrected chi connectivity index (χ3v) is 8.13. The lowest BCUT2D eigenvalue weighted by molar-refractivity contribution is -0.138. The highest BCUT2D eigenvalue weighted by Gasteiger charge is 2.27. The maximum atomic E-state index is 12.6. The highest BCUT2D eigenvalue weighted by atomic mass is 16.4. The van der Waals surface area contributed by atoms with Gasteiger partial charge in [0.15, 0.2) is 0 Å². The molecule has 2 aliphatic rings. The second-order valence-corrected chi connectivity index (χ2v) is 10.9. The molecule has 5 rings (SSSR count). The van der Waals surface area contributed by atoms with Gasteiger partial charge in [-0.25, -0.2) is 24.5 Å². The van der Waals surface area contributed by atoms with E-state index in [1.54, 1.807) is 0 Å². The van der Waals surface area contributed by atoms with Gasteiger partial charge in [-0.05, 0) is 56.2 Å². The van der Waals surface area contributed by atoms with Gasteiger partial charge in [0.1, 0.15) is 29.8 Å². The number of piperidine rings is 1. The van der Waals surface area contributed by atoms with Gasteiger partial charge in [-0.2, -0.15) is 0 Å². The van der Waals surface area contributed by atoms with Crippen LogP contribution in [0.2, 0.25) is 0 Å². The van der Waals surface area contributed by atoms with E-state index >= 15 is 0 Å². The third-order valence-electron chi connectivity index (χ3n) is 8.13. The van der Waals surface area contributed by atoms with Crippen molar-refractivity contribution in [2.75, 3.05) is 41.7 Å². The van der Waals surface area contributed by atoms with Crippen LogP contribution < -0.4 is 26.2 Å². The van der Waals surface area contributed by atoms with Crippen LogP contribution in [0, 0.1) is 0 Å². The molecule has 0 unspecified atom stereocenters. The van der Waals surface area contributed by atoms with Crippen molar-refractivity contribution in [3.63, 3.8) is 0 Å². The number of carbonyl (C=O) groups excluding carboxylic acids is 1. The average Bonchev–Trinajstić information content (AvgIpc) is 3.02. The van der Waals surface area contributed by atoms with Crippen LogP contribution >= 0.6 is 0 Å². The number of anilines is 3. The number of carboxylic acid groups (broad SMARTS) is 1. The second kappa shape index (κ2) is 13.5. The van der Waals surface area contributed by atoms with Crippen LogP contribution in [0.1, 0.15) is 67.5 Å². The van der Waals surface area contributed by atoms with Gasteiger partial charge in [0.05, 0.1) is 6.04 Å². The number of fused-ring (bicyclic) bond motifs is 1. The molecule has 0 radical (unpaired) electrons. The number of aliphatic carboxylic acids is 1. The number of nitrogens with zero attached hydrogens (tertiary/aromatic N) is 4. The van der Waals surface area contributed by atoms with E-state index in [0.717, 1.165) is 73.8 Å². The van der Waals surface area contributed by atoms with Gasteiger partial charge in [-0.3, -0.25) is 0 Å². The molecule has 0 bridgehead atoms. The summed E-state index contributed by atoms with van der Waals surface area (Å²) in [4.78, 5) is 40.8. The number of aromatic nitrogens is 3. The van der Waals surface area contributed by atoms with Crippen molar-refractivity contribution in [2.45, 2.75) is 64.0 Å². The van der Waals surface area contributed by atoms with E-state index in [1.165, 1.54) is 11.9 Å². The van der Waals surface area contributed by atoms with Gasteiger partial charge in [0, 0.05) is 43.4 Å². The van der Waals surface area contributed by atoms with Gasteiger partial charge in [-0.1, -0.05) is 43.3 Å². The predicted octanol–water partition coefficient (Wildman–Crippen LogP) is 4.10. The number of carboxylic acids is 1. The quantitative estimate of drug-likeness (QED) is 0.242. The summed E-state index contributed by atoms with van der Waals surface area (Å²) >= 11 is 0. The lowest BCUT2D eigenvalue weighted by Gasteiger charge is -2.34. The Hall–Kier alpha value is -4.41. The minimum atomic E-state index is -1.15. The Morgan fingerprint density at radius 3 is 2.62 bits per heavy atom. The van der Waals surface area contributed by atoms with Crippen molar-refractivity contribution < 1.29 is 14.7 Å². The summed E-state index contributed by atoms with van der Waals surface area (Å²) < 4.78 is 0. The molecule has 3 aromatic rings. The van der Waals surface area contributed by atoms with E-state index < -0.39 is 18.0 Å². The highest BCUT2D eigenvalue weighted by molar-refractivity contribution is 5.83. The zero-order valence-electron chi connectivity index (χ0n) is 24.3. The number of benzene rings is 1. The van der Waals surface area contributed by atoms with Crippen LogP contribution in [0.25, 0.3) is 0 Å². The van der Waals surface area contributed by atoms with E-state index in [0.29, 0.717) is 18.2 Å². The Morgan fingerprint density at radius 2 is 1.88 bits per heavy atom. The number of carbonyl (C=O) groups is 2. The molecule has 2 aliphatic heterocycles. The third kappa shape index (κ3) is 6.89. The van der Waals surface area contributed by atoms with Crippen LogP contribution in [-0.2, 0) is 17.6 Å². The van der Waals surface area contributed by atoms with Gasteiger partial charge >= 0.3 is 12.0 Å². The zero-order valence-corrected chi connectivity index (χ0v) is 24.3. The first kappa shape index (κ1) is 29.1. The van der Waals surface area contributed by atoms with E-state index in [2.05, 4.69) is 48.3 Å². The predicted molar refractivity (Wildman–Crippen MR) is 163 cm³/mol. The summed E-state index contributed by atoms with van der Waals surface area (Å²) in [6.07, 6.45) is 6.38. The molecule has 4 heterocycles. The fraction of sp³-hybridized carbons (Fsp3) is 0.452. The minimum Gasteiger partial charge on any atom is -0.480 e. The fourth-order valence-electron chi connectivity index (χ4n) is 5.73. The van der Waals surface area contributed by atoms with Crippen molar-refractivity contribution >= 4 is 29.5 Å². The molecule has 2 aromatic heterocycles. The smallest absolute Gasteiger partial charge is 0.328 e. The molecule has 11 heteroatoms. The summed E-state index contributed by atoms with van der Waals surface area (Å²) in [6, 6.07) is 11.9. The van der Waals surface area contributed by atoms with Gasteiger partial charge in [0.2, 0.25) is 0 Å². The van der Waals surface area contributed by atoms with Crippen LogP contribution in [0.5, 0.6) is 0 Å². The van der Waals surface area contributed by atoms with Crippen LogP contribution in [0.4, 0.5) is 22.2 Å². The fourth-order valence-corrected chi connectivity index (χ4v) is 5.73. The minimum absolute atomic E-state index is 0.0218. The van der Waals surface area contributed by atoms with Crippen molar-refractivity contribution in [2.24, 2.45) is 0 Å². The molecule has 1 fully saturated rings. The molecule has 0 aliphatic carbocycles. The normalized spacial score (nSPS) is 16.5. The molecule has 222 valence electrons. The summed E-state index contributed by atoms with van der Waals surface area (Å²) in [7, 11) is 0. The zero-order chi connectivity index (χ0) is 29.5. The van der Waals surface area contributed by atoms with E-state index in [-0.39, 0.29) is 12.6 Å². The standard InChI is InChI=1S/C31H40N8O3/c1-3-24-28(33-18-26(30(40)41)38-31(42)36-20(2)21-8-5-4-6-9-21)34-19-35-29(24)39-16-13-22(14-17-39)25-12-11-23-10-7-15-32-27(23)37-25/h4-6,8-9,11-12,19-20,22,26H,3,7,10,13-18H2,1-2H3,(H,32,37)(H,40,41)(H,33,34,35)(H2,36,38,42)/t20-,26-/m0/s1. The molecular weight excluding hydrogens is 532 g/mol.